The molecule has 0 aliphatic carbocycles. The monoisotopic (exact) mass is 327 g/mol. The summed E-state index contributed by atoms with van der Waals surface area (Å²) in [6, 6.07) is 4.74. The van der Waals surface area contributed by atoms with Crippen LogP contribution < -0.4 is 5.32 Å². The summed E-state index contributed by atoms with van der Waals surface area (Å²) >= 11 is 3.16. The molecule has 1 aromatic rings. The zero-order valence-electron chi connectivity index (χ0n) is 10.2. The number of carbonyl (C=O) groups excluding carboxylic acids is 1. The maximum absolute atomic E-state index is 12.0. The molecular formula is C13H14BrNO4. The molecule has 6 heteroatoms. The van der Waals surface area contributed by atoms with Gasteiger partial charge in [0.15, 0.2) is 0 Å². The van der Waals surface area contributed by atoms with Crippen LogP contribution in [-0.4, -0.2) is 30.2 Å². The molecule has 1 fully saturated rings. The molecule has 2 N–H and O–H groups in total. The molecule has 19 heavy (non-hydrogen) atoms. The lowest BCUT2D eigenvalue weighted by Crippen LogP contribution is -2.28. The van der Waals surface area contributed by atoms with Crippen LogP contribution >= 0.6 is 15.9 Å². The van der Waals surface area contributed by atoms with Crippen LogP contribution in [0.4, 0.5) is 5.69 Å². The van der Waals surface area contributed by atoms with Gasteiger partial charge in [-0.1, -0.05) is 0 Å². The lowest BCUT2D eigenvalue weighted by molar-refractivity contribution is -0.122. The van der Waals surface area contributed by atoms with E-state index in [4.69, 9.17) is 9.84 Å². The topological polar surface area (TPSA) is 75.6 Å². The minimum Gasteiger partial charge on any atom is -0.478 e. The molecule has 0 aromatic heterocycles. The van der Waals surface area contributed by atoms with Crippen molar-refractivity contribution in [3.63, 3.8) is 0 Å². The number of carboxylic acid groups (broad SMARTS) is 1. The van der Waals surface area contributed by atoms with Crippen molar-refractivity contribution in [3.05, 3.63) is 28.2 Å². The lowest BCUT2D eigenvalue weighted by atomic mass is 9.99. The normalized spacial score (nSPS) is 16.1. The van der Waals surface area contributed by atoms with Crippen LogP contribution in [0.5, 0.6) is 0 Å². The Morgan fingerprint density at radius 2 is 2.00 bits per heavy atom. The molecule has 0 radical (unpaired) electrons. The van der Waals surface area contributed by atoms with Gasteiger partial charge in [-0.25, -0.2) is 4.79 Å². The first kappa shape index (κ1) is 14.0. The molecule has 0 saturated carbocycles. The molecule has 1 amide bonds. The van der Waals surface area contributed by atoms with Crippen molar-refractivity contribution in [1.29, 1.82) is 0 Å². The Balaban J connectivity index is 2.08. The summed E-state index contributed by atoms with van der Waals surface area (Å²) < 4.78 is 5.69. The van der Waals surface area contributed by atoms with Gasteiger partial charge in [0.05, 0.1) is 5.56 Å². The Kier molecular flexibility index (Phi) is 4.55. The van der Waals surface area contributed by atoms with Gasteiger partial charge in [0.1, 0.15) is 0 Å². The molecule has 2 rings (SSSR count). The van der Waals surface area contributed by atoms with Crippen molar-refractivity contribution in [1.82, 2.24) is 0 Å². The van der Waals surface area contributed by atoms with Crippen LogP contribution in [0.15, 0.2) is 22.7 Å². The Morgan fingerprint density at radius 1 is 1.32 bits per heavy atom. The number of hydrogen-bond acceptors (Lipinski definition) is 3. The van der Waals surface area contributed by atoms with Gasteiger partial charge in [-0.2, -0.15) is 0 Å². The number of halogens is 1. The number of nitrogens with one attached hydrogen (secondary N) is 1. The second-order valence-electron chi connectivity index (χ2n) is 4.38. The van der Waals surface area contributed by atoms with E-state index in [1.807, 2.05) is 0 Å². The number of amides is 1. The fourth-order valence-electron chi connectivity index (χ4n) is 1.97. The molecule has 1 saturated heterocycles. The maximum Gasteiger partial charge on any atom is 0.336 e. The van der Waals surface area contributed by atoms with Gasteiger partial charge in [0.25, 0.3) is 0 Å². The van der Waals surface area contributed by atoms with Crippen LogP contribution in [0, 0.1) is 5.92 Å². The predicted molar refractivity (Wildman–Crippen MR) is 73.3 cm³/mol. The Bertz CT molecular complexity index is 497. The van der Waals surface area contributed by atoms with E-state index in [0.29, 0.717) is 36.2 Å². The first-order valence-corrected chi connectivity index (χ1v) is 6.78. The van der Waals surface area contributed by atoms with E-state index in [2.05, 4.69) is 21.2 Å². The van der Waals surface area contributed by atoms with E-state index in [1.54, 1.807) is 12.1 Å². The number of benzene rings is 1. The Morgan fingerprint density at radius 3 is 2.63 bits per heavy atom. The molecule has 102 valence electrons. The molecule has 1 aliphatic heterocycles. The Hall–Kier alpha value is -1.40. The van der Waals surface area contributed by atoms with E-state index in [0.717, 1.165) is 0 Å². The van der Waals surface area contributed by atoms with Crippen molar-refractivity contribution in [2.75, 3.05) is 18.5 Å². The third kappa shape index (κ3) is 3.54. The number of carboxylic acids is 1. The summed E-state index contributed by atoms with van der Waals surface area (Å²) in [6.07, 6.45) is 1.41. The average Bonchev–Trinajstić information content (AvgIpc) is 2.41. The lowest BCUT2D eigenvalue weighted by Gasteiger charge is -2.21. The van der Waals surface area contributed by atoms with E-state index in [-0.39, 0.29) is 17.4 Å². The zero-order chi connectivity index (χ0) is 13.8. The highest BCUT2D eigenvalue weighted by Gasteiger charge is 2.22. The van der Waals surface area contributed by atoms with Crippen molar-refractivity contribution in [2.24, 2.45) is 5.92 Å². The van der Waals surface area contributed by atoms with Crippen LogP contribution in [0.3, 0.4) is 0 Å². The molecule has 1 aromatic carbocycles. The van der Waals surface area contributed by atoms with E-state index < -0.39 is 5.97 Å². The number of aromatic carboxylic acids is 1. The summed E-state index contributed by atoms with van der Waals surface area (Å²) in [5.74, 6) is -1.18. The number of carbonyl (C=O) groups is 2. The van der Waals surface area contributed by atoms with Gasteiger partial charge in [-0.05, 0) is 47.0 Å². The maximum atomic E-state index is 12.0. The van der Waals surface area contributed by atoms with E-state index in [1.165, 1.54) is 6.07 Å². The fourth-order valence-corrected chi connectivity index (χ4v) is 2.39. The van der Waals surface area contributed by atoms with Gasteiger partial charge in [-0.15, -0.1) is 0 Å². The molecule has 0 bridgehead atoms. The number of rotatable bonds is 3. The first-order valence-electron chi connectivity index (χ1n) is 5.99. The number of anilines is 1. The molecule has 0 unspecified atom stereocenters. The molecule has 5 nitrogen and oxygen atoms in total. The highest BCUT2D eigenvalue weighted by atomic mass is 79.9. The standard InChI is InChI=1S/C13H14BrNO4/c14-11-2-1-9(7-10(11)13(17)18)15-12(16)8-3-5-19-6-4-8/h1-2,7-8H,3-6H2,(H,15,16)(H,17,18). The van der Waals surface area contributed by atoms with Gasteiger partial charge in [0, 0.05) is 29.3 Å². The second kappa shape index (κ2) is 6.16. The van der Waals surface area contributed by atoms with E-state index >= 15 is 0 Å². The smallest absolute Gasteiger partial charge is 0.336 e. The second-order valence-corrected chi connectivity index (χ2v) is 5.23. The largest absolute Gasteiger partial charge is 0.478 e. The highest BCUT2D eigenvalue weighted by molar-refractivity contribution is 9.10. The highest BCUT2D eigenvalue weighted by Crippen LogP contribution is 2.23. The van der Waals surface area contributed by atoms with Gasteiger partial charge in [-0.3, -0.25) is 4.79 Å². The van der Waals surface area contributed by atoms with Gasteiger partial charge in [0.2, 0.25) is 5.91 Å². The SMILES string of the molecule is O=C(O)c1cc(NC(=O)C2CCOCC2)ccc1Br. The molecule has 0 spiro atoms. The quantitative estimate of drug-likeness (QED) is 0.894. The third-order valence-electron chi connectivity index (χ3n) is 3.06. The minimum absolute atomic E-state index is 0.0642. The van der Waals surface area contributed by atoms with Crippen molar-refractivity contribution < 1.29 is 19.4 Å². The molecule has 1 aliphatic rings. The summed E-state index contributed by atoms with van der Waals surface area (Å²) in [4.78, 5) is 23.0. The third-order valence-corrected chi connectivity index (χ3v) is 3.75. The van der Waals surface area contributed by atoms with Crippen molar-refractivity contribution >= 4 is 33.5 Å². The van der Waals surface area contributed by atoms with Crippen molar-refractivity contribution in [3.8, 4) is 0 Å². The van der Waals surface area contributed by atoms with Gasteiger partial charge < -0.3 is 15.2 Å². The van der Waals surface area contributed by atoms with E-state index in [9.17, 15) is 9.59 Å². The molecule has 1 heterocycles. The molecular weight excluding hydrogens is 314 g/mol. The predicted octanol–water partition coefficient (Wildman–Crippen LogP) is 2.51. The average molecular weight is 328 g/mol. The van der Waals surface area contributed by atoms with Crippen LogP contribution in [0.2, 0.25) is 0 Å². The number of ether oxygens (including phenoxy) is 1. The van der Waals surface area contributed by atoms with Crippen molar-refractivity contribution in [2.45, 2.75) is 12.8 Å². The molecule has 0 atom stereocenters. The minimum atomic E-state index is -1.03. The van der Waals surface area contributed by atoms with Crippen LogP contribution in [-0.2, 0) is 9.53 Å². The zero-order valence-corrected chi connectivity index (χ0v) is 11.8. The first-order chi connectivity index (χ1) is 9.08. The fraction of sp³-hybridized carbons (Fsp3) is 0.385. The summed E-state index contributed by atoms with van der Waals surface area (Å²) in [7, 11) is 0. The Labute approximate surface area is 119 Å². The summed E-state index contributed by atoms with van der Waals surface area (Å²) in [6.45, 7) is 1.19. The van der Waals surface area contributed by atoms with Crippen LogP contribution in [0.25, 0.3) is 0 Å². The summed E-state index contributed by atoms with van der Waals surface area (Å²) in [5.41, 5.74) is 0.627. The van der Waals surface area contributed by atoms with Gasteiger partial charge >= 0.3 is 5.97 Å². The van der Waals surface area contributed by atoms with Crippen LogP contribution in [0.1, 0.15) is 23.2 Å². The number of hydrogen-bond donors (Lipinski definition) is 2. The summed E-state index contributed by atoms with van der Waals surface area (Å²) in [5, 5.41) is 11.8.